The van der Waals surface area contributed by atoms with Crippen molar-refractivity contribution in [3.05, 3.63) is 24.3 Å². The molecule has 2 rings (SSSR count). The van der Waals surface area contributed by atoms with Crippen LogP contribution in [0.4, 0.5) is 5.69 Å². The summed E-state index contributed by atoms with van der Waals surface area (Å²) in [5.41, 5.74) is 0.950. The van der Waals surface area contributed by atoms with Crippen molar-refractivity contribution in [1.82, 2.24) is 0 Å². The van der Waals surface area contributed by atoms with Crippen molar-refractivity contribution in [2.24, 2.45) is 4.99 Å². The molecule has 86 valence electrons. The molecule has 2 unspecified atom stereocenters. The van der Waals surface area contributed by atoms with Crippen molar-refractivity contribution in [3.8, 4) is 5.75 Å². The first kappa shape index (κ1) is 11.8. The minimum Gasteiger partial charge on any atom is -0.508 e. The van der Waals surface area contributed by atoms with Crippen molar-refractivity contribution in [2.45, 2.75) is 18.2 Å². The first-order chi connectivity index (χ1) is 7.69. The number of hydrogen-bond donors (Lipinski definition) is 2. The fourth-order valence-electron chi connectivity index (χ4n) is 1.43. The number of rotatable bonds is 2. The third kappa shape index (κ3) is 2.71. The summed E-state index contributed by atoms with van der Waals surface area (Å²) < 4.78 is 0. The summed E-state index contributed by atoms with van der Waals surface area (Å²) in [6, 6.07) is 7.33. The fraction of sp³-hybridized carbons (Fsp3) is 0.364. The first-order valence-electron chi connectivity index (χ1n) is 5.05. The van der Waals surface area contributed by atoms with Gasteiger partial charge in [-0.15, -0.1) is 0 Å². The van der Waals surface area contributed by atoms with E-state index in [1.165, 1.54) is 0 Å². The average molecular weight is 301 g/mol. The summed E-state index contributed by atoms with van der Waals surface area (Å²) in [5, 5.41) is 14.8. The topological polar surface area (TPSA) is 44.6 Å². The zero-order valence-electron chi connectivity index (χ0n) is 8.85. The standard InChI is InChI=1S/C11H13BrN2OS/c1-7-10(6-12)16-11(13-7)14-8-2-4-9(15)5-3-8/h2-5,7,10,15H,6H2,1H3,(H,13,14). The lowest BCUT2D eigenvalue weighted by atomic mass is 10.3. The van der Waals surface area contributed by atoms with Crippen LogP contribution in [0.2, 0.25) is 0 Å². The second-order valence-electron chi connectivity index (χ2n) is 3.66. The van der Waals surface area contributed by atoms with E-state index in [0.29, 0.717) is 11.3 Å². The molecule has 2 N–H and O–H groups in total. The van der Waals surface area contributed by atoms with Gasteiger partial charge in [0.05, 0.1) is 6.04 Å². The van der Waals surface area contributed by atoms with Crippen molar-refractivity contribution >= 4 is 38.5 Å². The summed E-state index contributed by atoms with van der Waals surface area (Å²) >= 11 is 5.23. The number of halogens is 1. The molecule has 2 atom stereocenters. The number of alkyl halides is 1. The van der Waals surface area contributed by atoms with Gasteiger partial charge in [-0.25, -0.2) is 0 Å². The number of benzene rings is 1. The SMILES string of the molecule is CC1N=C(Nc2ccc(O)cc2)SC1CBr. The Morgan fingerprint density at radius 3 is 2.69 bits per heavy atom. The summed E-state index contributed by atoms with van der Waals surface area (Å²) in [6.07, 6.45) is 0. The van der Waals surface area contributed by atoms with E-state index < -0.39 is 0 Å². The highest BCUT2D eigenvalue weighted by atomic mass is 79.9. The molecule has 0 spiro atoms. The highest BCUT2D eigenvalue weighted by Gasteiger charge is 2.25. The molecule has 0 amide bonds. The average Bonchev–Trinajstić information content (AvgIpc) is 2.62. The Balaban J connectivity index is 2.01. The van der Waals surface area contributed by atoms with Gasteiger partial charge in [-0.3, -0.25) is 4.99 Å². The summed E-state index contributed by atoms with van der Waals surface area (Å²) in [5.74, 6) is 0.276. The molecule has 16 heavy (non-hydrogen) atoms. The number of nitrogens with zero attached hydrogens (tertiary/aromatic N) is 1. The van der Waals surface area contributed by atoms with Crippen LogP contribution in [0.5, 0.6) is 5.75 Å². The lowest BCUT2D eigenvalue weighted by molar-refractivity contribution is 0.475. The van der Waals surface area contributed by atoms with Crippen LogP contribution in [0.1, 0.15) is 6.92 Å². The number of aliphatic imine (C=N–C) groups is 1. The van der Waals surface area contributed by atoms with E-state index in [0.717, 1.165) is 16.2 Å². The zero-order valence-corrected chi connectivity index (χ0v) is 11.3. The normalized spacial score (nSPS) is 24.2. The van der Waals surface area contributed by atoms with Crippen LogP contribution in [-0.2, 0) is 0 Å². The molecule has 1 heterocycles. The molecule has 3 nitrogen and oxygen atoms in total. The van der Waals surface area contributed by atoms with Gasteiger partial charge in [0.25, 0.3) is 0 Å². The van der Waals surface area contributed by atoms with Crippen molar-refractivity contribution in [3.63, 3.8) is 0 Å². The molecule has 0 radical (unpaired) electrons. The van der Waals surface area contributed by atoms with Gasteiger partial charge in [0.2, 0.25) is 0 Å². The van der Waals surface area contributed by atoms with Crippen LogP contribution < -0.4 is 5.32 Å². The quantitative estimate of drug-likeness (QED) is 0.652. The molecule has 1 aliphatic rings. The van der Waals surface area contributed by atoms with E-state index >= 15 is 0 Å². The predicted octanol–water partition coefficient (Wildman–Crippen LogP) is 3.06. The largest absolute Gasteiger partial charge is 0.508 e. The molecule has 0 fully saturated rings. The first-order valence-corrected chi connectivity index (χ1v) is 7.05. The highest BCUT2D eigenvalue weighted by molar-refractivity contribution is 9.09. The van der Waals surface area contributed by atoms with Gasteiger partial charge >= 0.3 is 0 Å². The smallest absolute Gasteiger partial charge is 0.161 e. The second-order valence-corrected chi connectivity index (χ2v) is 5.53. The maximum absolute atomic E-state index is 9.17. The third-order valence-corrected chi connectivity index (χ3v) is 4.81. The van der Waals surface area contributed by atoms with Crippen molar-refractivity contribution in [1.29, 1.82) is 0 Å². The number of phenolic OH excluding ortho intramolecular Hbond substituents is 1. The summed E-state index contributed by atoms with van der Waals surface area (Å²) in [7, 11) is 0. The van der Waals surface area contributed by atoms with E-state index in [4.69, 9.17) is 0 Å². The molecular formula is C11H13BrN2OS. The number of hydrogen-bond acceptors (Lipinski definition) is 4. The van der Waals surface area contributed by atoms with Crippen LogP contribution in [0.25, 0.3) is 0 Å². The van der Waals surface area contributed by atoms with Gasteiger partial charge in [0.15, 0.2) is 5.17 Å². The number of phenols is 1. The van der Waals surface area contributed by atoms with Gasteiger partial charge in [-0.05, 0) is 31.2 Å². The van der Waals surface area contributed by atoms with Gasteiger partial charge < -0.3 is 10.4 Å². The molecule has 1 aromatic rings. The van der Waals surface area contributed by atoms with Gasteiger partial charge in [-0.1, -0.05) is 27.7 Å². The molecule has 0 saturated heterocycles. The van der Waals surface area contributed by atoms with Crippen LogP contribution in [-0.4, -0.2) is 26.9 Å². The summed E-state index contributed by atoms with van der Waals surface area (Å²) in [4.78, 5) is 4.53. The Bertz CT molecular complexity index is 393. The van der Waals surface area contributed by atoms with Gasteiger partial charge in [0.1, 0.15) is 5.75 Å². The molecule has 0 aliphatic carbocycles. The number of aromatic hydroxyl groups is 1. The van der Waals surface area contributed by atoms with Crippen LogP contribution in [0.15, 0.2) is 29.3 Å². The maximum Gasteiger partial charge on any atom is 0.161 e. The highest BCUT2D eigenvalue weighted by Crippen LogP contribution is 2.29. The van der Waals surface area contributed by atoms with Crippen LogP contribution >= 0.6 is 27.7 Å². The van der Waals surface area contributed by atoms with Gasteiger partial charge in [-0.2, -0.15) is 0 Å². The second kappa shape index (κ2) is 5.10. The van der Waals surface area contributed by atoms with E-state index in [2.05, 4.69) is 33.2 Å². The van der Waals surface area contributed by atoms with Crippen LogP contribution in [0.3, 0.4) is 0 Å². The van der Waals surface area contributed by atoms with Crippen molar-refractivity contribution in [2.75, 3.05) is 10.6 Å². The molecule has 0 bridgehead atoms. The number of thioether (sulfide) groups is 1. The Morgan fingerprint density at radius 2 is 2.12 bits per heavy atom. The third-order valence-electron chi connectivity index (χ3n) is 2.39. The predicted molar refractivity (Wildman–Crippen MR) is 73.8 cm³/mol. The van der Waals surface area contributed by atoms with E-state index in [1.54, 1.807) is 23.9 Å². The number of amidine groups is 1. The molecule has 1 aromatic carbocycles. The van der Waals surface area contributed by atoms with Crippen LogP contribution in [0, 0.1) is 0 Å². The maximum atomic E-state index is 9.17. The molecule has 5 heteroatoms. The zero-order chi connectivity index (χ0) is 11.5. The lowest BCUT2D eigenvalue weighted by Gasteiger charge is -2.08. The number of nitrogens with one attached hydrogen (secondary N) is 1. The Kier molecular flexibility index (Phi) is 3.76. The Labute approximate surface area is 107 Å². The molecule has 0 aromatic heterocycles. The van der Waals surface area contributed by atoms with E-state index in [-0.39, 0.29) is 5.75 Å². The van der Waals surface area contributed by atoms with Gasteiger partial charge in [0, 0.05) is 16.3 Å². The molecule has 1 aliphatic heterocycles. The number of anilines is 1. The minimum absolute atomic E-state index is 0.276. The fourth-order valence-corrected chi connectivity index (χ4v) is 3.38. The Morgan fingerprint density at radius 1 is 1.44 bits per heavy atom. The van der Waals surface area contributed by atoms with Crippen molar-refractivity contribution < 1.29 is 5.11 Å². The van der Waals surface area contributed by atoms with E-state index in [1.807, 2.05) is 12.1 Å². The Hall–Kier alpha value is -0.680. The minimum atomic E-state index is 0.276. The summed E-state index contributed by atoms with van der Waals surface area (Å²) in [6.45, 7) is 2.12. The lowest BCUT2D eigenvalue weighted by Crippen LogP contribution is -2.14. The monoisotopic (exact) mass is 300 g/mol. The molecule has 0 saturated carbocycles. The van der Waals surface area contributed by atoms with E-state index in [9.17, 15) is 5.11 Å². The molecular weight excluding hydrogens is 288 g/mol.